The lowest BCUT2D eigenvalue weighted by molar-refractivity contribution is -0.137. The second kappa shape index (κ2) is 6.91. The smallest absolute Gasteiger partial charge is 0.304 e. The highest BCUT2D eigenvalue weighted by molar-refractivity contribution is 7.81. The van der Waals surface area contributed by atoms with Gasteiger partial charge in [-0.3, -0.25) is 9.69 Å². The number of anilines is 2. The van der Waals surface area contributed by atoms with Gasteiger partial charge in [0.1, 0.15) is 5.54 Å². The van der Waals surface area contributed by atoms with Crippen LogP contribution in [0.1, 0.15) is 30.5 Å². The molecule has 146 valence electrons. The maximum Gasteiger partial charge on any atom is 0.417 e. The molecular formula is C21H14F3N3OS. The number of hydrogen-bond donors (Lipinski definition) is 0. The van der Waals surface area contributed by atoms with Crippen molar-refractivity contribution in [2.45, 2.75) is 25.6 Å². The number of halogens is 3. The van der Waals surface area contributed by atoms with Gasteiger partial charge in [0.2, 0.25) is 0 Å². The Labute approximate surface area is 171 Å². The van der Waals surface area contributed by atoms with Crippen LogP contribution in [0.2, 0.25) is 0 Å². The van der Waals surface area contributed by atoms with E-state index in [0.717, 1.165) is 17.0 Å². The Kier molecular flexibility index (Phi) is 4.86. The molecule has 0 aliphatic carbocycles. The average molecular weight is 413 g/mol. The zero-order valence-corrected chi connectivity index (χ0v) is 16.2. The second-order valence-electron chi connectivity index (χ2n) is 6.85. The van der Waals surface area contributed by atoms with Gasteiger partial charge in [-0.15, -0.1) is 6.42 Å². The number of carbonyl (C=O) groups is 1. The van der Waals surface area contributed by atoms with Crippen LogP contribution in [0.25, 0.3) is 0 Å². The summed E-state index contributed by atoms with van der Waals surface area (Å²) in [5.41, 5.74) is -1.62. The maximum atomic E-state index is 13.3. The number of hydrogen-bond acceptors (Lipinski definition) is 3. The molecule has 0 spiro atoms. The molecule has 0 unspecified atom stereocenters. The van der Waals surface area contributed by atoms with Crippen LogP contribution >= 0.6 is 12.2 Å². The number of nitriles is 1. The molecule has 2 aromatic rings. The first-order chi connectivity index (χ1) is 13.5. The fraction of sp³-hybridized carbons (Fsp3) is 0.190. The van der Waals surface area contributed by atoms with Crippen molar-refractivity contribution in [3.63, 3.8) is 0 Å². The summed E-state index contributed by atoms with van der Waals surface area (Å²) in [6.07, 6.45) is 0.616. The quantitative estimate of drug-likeness (QED) is 0.538. The van der Waals surface area contributed by atoms with E-state index in [-0.39, 0.29) is 10.8 Å². The summed E-state index contributed by atoms with van der Waals surface area (Å²) in [5, 5.41) is 9.01. The molecule has 0 bridgehead atoms. The van der Waals surface area contributed by atoms with Gasteiger partial charge < -0.3 is 4.90 Å². The highest BCUT2D eigenvalue weighted by Gasteiger charge is 2.50. The van der Waals surface area contributed by atoms with Gasteiger partial charge in [0.25, 0.3) is 5.91 Å². The Balaban J connectivity index is 2.10. The minimum Gasteiger partial charge on any atom is -0.304 e. The third kappa shape index (κ3) is 3.32. The number of amides is 1. The molecule has 0 saturated carbocycles. The van der Waals surface area contributed by atoms with Crippen LogP contribution in [0.5, 0.6) is 0 Å². The molecule has 0 N–H and O–H groups in total. The van der Waals surface area contributed by atoms with E-state index in [9.17, 15) is 18.0 Å². The van der Waals surface area contributed by atoms with E-state index in [0.29, 0.717) is 11.3 Å². The summed E-state index contributed by atoms with van der Waals surface area (Å²) in [5.74, 6) is 2.00. The molecule has 3 rings (SSSR count). The molecule has 1 amide bonds. The van der Waals surface area contributed by atoms with E-state index < -0.39 is 28.7 Å². The van der Waals surface area contributed by atoms with Crippen LogP contribution in [0.4, 0.5) is 24.5 Å². The maximum absolute atomic E-state index is 13.3. The zero-order valence-electron chi connectivity index (χ0n) is 15.4. The van der Waals surface area contributed by atoms with Gasteiger partial charge in [-0.2, -0.15) is 18.4 Å². The zero-order chi connectivity index (χ0) is 21.6. The highest BCUT2D eigenvalue weighted by atomic mass is 32.1. The van der Waals surface area contributed by atoms with Gasteiger partial charge in [-0.1, -0.05) is 5.92 Å². The van der Waals surface area contributed by atoms with E-state index in [1.54, 1.807) is 43.0 Å². The minimum atomic E-state index is -4.74. The van der Waals surface area contributed by atoms with Gasteiger partial charge in [-0.25, -0.2) is 0 Å². The fourth-order valence-electron chi connectivity index (χ4n) is 3.17. The predicted octanol–water partition coefficient (Wildman–Crippen LogP) is 4.48. The summed E-state index contributed by atoms with van der Waals surface area (Å²) in [6.45, 7) is 3.26. The van der Waals surface area contributed by atoms with Crippen LogP contribution < -0.4 is 9.80 Å². The Hall–Kier alpha value is -3.36. The van der Waals surface area contributed by atoms with Crippen LogP contribution in [-0.2, 0) is 11.0 Å². The third-order valence-corrected chi connectivity index (χ3v) is 5.01. The topological polar surface area (TPSA) is 47.3 Å². The van der Waals surface area contributed by atoms with Gasteiger partial charge in [-0.05, 0) is 68.5 Å². The molecule has 4 nitrogen and oxygen atoms in total. The number of nitrogens with zero attached hydrogens (tertiary/aromatic N) is 3. The molecule has 2 aromatic carbocycles. The standard InChI is InChI=1S/C21H14F3N3OS/c1-4-13-5-8-15(9-6-13)27-19(29)26(18(28)20(27,2)3)16-10-7-14(12-25)17(11-16)21(22,23)24/h1,5-11H,2-3H3. The third-order valence-electron chi connectivity index (χ3n) is 4.65. The molecule has 8 heteroatoms. The molecule has 1 aliphatic heterocycles. The number of alkyl halides is 3. The lowest BCUT2D eigenvalue weighted by Crippen LogP contribution is -2.44. The molecular weight excluding hydrogens is 399 g/mol. The number of carbonyl (C=O) groups excluding carboxylic acids is 1. The van der Waals surface area contributed by atoms with Crippen molar-refractivity contribution < 1.29 is 18.0 Å². The first kappa shape index (κ1) is 20.4. The SMILES string of the molecule is C#Cc1ccc(N2C(=S)N(c3ccc(C#N)c(C(F)(F)F)c3)C(=O)C2(C)C)cc1. The van der Waals surface area contributed by atoms with E-state index in [2.05, 4.69) is 5.92 Å². The molecule has 1 aliphatic rings. The van der Waals surface area contributed by atoms with Crippen molar-refractivity contribution in [3.8, 4) is 18.4 Å². The molecule has 29 heavy (non-hydrogen) atoms. The normalized spacial score (nSPS) is 16.0. The van der Waals surface area contributed by atoms with Crippen molar-refractivity contribution in [3.05, 3.63) is 59.2 Å². The van der Waals surface area contributed by atoms with Crippen LogP contribution in [0, 0.1) is 23.7 Å². The Morgan fingerprint density at radius 2 is 1.69 bits per heavy atom. The lowest BCUT2D eigenvalue weighted by atomic mass is 10.0. The number of rotatable bonds is 2. The summed E-state index contributed by atoms with van der Waals surface area (Å²) in [4.78, 5) is 15.7. The second-order valence-corrected chi connectivity index (χ2v) is 7.21. The van der Waals surface area contributed by atoms with Crippen molar-refractivity contribution >= 4 is 34.6 Å². The van der Waals surface area contributed by atoms with E-state index in [1.165, 1.54) is 12.1 Å². The van der Waals surface area contributed by atoms with Crippen molar-refractivity contribution in [1.29, 1.82) is 5.26 Å². The van der Waals surface area contributed by atoms with Gasteiger partial charge in [0.05, 0.1) is 22.9 Å². The highest BCUT2D eigenvalue weighted by Crippen LogP contribution is 2.39. The van der Waals surface area contributed by atoms with Crippen LogP contribution in [-0.4, -0.2) is 16.6 Å². The van der Waals surface area contributed by atoms with Crippen LogP contribution in [0.15, 0.2) is 42.5 Å². The monoisotopic (exact) mass is 413 g/mol. The van der Waals surface area contributed by atoms with Crippen molar-refractivity contribution in [2.24, 2.45) is 0 Å². The summed E-state index contributed by atoms with van der Waals surface area (Å²) >= 11 is 5.46. The minimum absolute atomic E-state index is 0.0336. The van der Waals surface area contributed by atoms with Crippen molar-refractivity contribution in [2.75, 3.05) is 9.80 Å². The number of terminal acetylenes is 1. The Morgan fingerprint density at radius 3 is 2.21 bits per heavy atom. The van der Waals surface area contributed by atoms with E-state index >= 15 is 0 Å². The van der Waals surface area contributed by atoms with Gasteiger partial charge in [0.15, 0.2) is 5.11 Å². The molecule has 0 aromatic heterocycles. The number of thiocarbonyl (C=S) groups is 1. The van der Waals surface area contributed by atoms with E-state index in [4.69, 9.17) is 23.9 Å². The van der Waals surface area contributed by atoms with Gasteiger partial charge >= 0.3 is 6.18 Å². The summed E-state index contributed by atoms with van der Waals surface area (Å²) < 4.78 is 40.0. The average Bonchev–Trinajstić information content (AvgIpc) is 2.85. The fourth-order valence-corrected chi connectivity index (χ4v) is 3.69. The summed E-state index contributed by atoms with van der Waals surface area (Å²) in [6, 6.07) is 11.4. The largest absolute Gasteiger partial charge is 0.417 e. The Morgan fingerprint density at radius 1 is 1.10 bits per heavy atom. The summed E-state index contributed by atoms with van der Waals surface area (Å²) in [7, 11) is 0. The van der Waals surface area contributed by atoms with Crippen molar-refractivity contribution in [1.82, 2.24) is 0 Å². The van der Waals surface area contributed by atoms with E-state index in [1.807, 2.05) is 0 Å². The first-order valence-electron chi connectivity index (χ1n) is 8.39. The van der Waals surface area contributed by atoms with Crippen LogP contribution in [0.3, 0.4) is 0 Å². The van der Waals surface area contributed by atoms with Gasteiger partial charge in [0, 0.05) is 11.3 Å². The first-order valence-corrected chi connectivity index (χ1v) is 8.80. The molecule has 0 atom stereocenters. The predicted molar refractivity (Wildman–Crippen MR) is 107 cm³/mol. The molecule has 1 heterocycles. The molecule has 1 saturated heterocycles. The lowest BCUT2D eigenvalue weighted by Gasteiger charge is -2.29. The molecule has 0 radical (unpaired) electrons. The Bertz CT molecular complexity index is 1090. The number of benzene rings is 2. The molecule has 1 fully saturated rings.